The molecule has 2 N–H and O–H groups in total. The number of hydrogen-bond donors (Lipinski definition) is 2. The maximum Gasteiger partial charge on any atom is 0.234 e. The summed E-state index contributed by atoms with van der Waals surface area (Å²) in [7, 11) is 0. The molecular formula is C26H26ClN5O3S. The zero-order chi connectivity index (χ0) is 25.4. The van der Waals surface area contributed by atoms with Crippen molar-refractivity contribution in [3.05, 3.63) is 40.1 Å². The van der Waals surface area contributed by atoms with Crippen LogP contribution in [0.4, 0.5) is 5.69 Å². The third-order valence-electron chi connectivity index (χ3n) is 7.81. The van der Waals surface area contributed by atoms with Crippen LogP contribution >= 0.6 is 22.9 Å². The second kappa shape index (κ2) is 8.33. The van der Waals surface area contributed by atoms with E-state index in [-0.39, 0.29) is 47.4 Å². The Morgan fingerprint density at radius 1 is 1.25 bits per heavy atom. The molecule has 1 aliphatic carbocycles. The summed E-state index contributed by atoms with van der Waals surface area (Å²) in [5.41, 5.74) is 3.43. The minimum atomic E-state index is -0.229. The summed E-state index contributed by atoms with van der Waals surface area (Å²) in [6.45, 7) is 7.51. The number of aromatic nitrogens is 2. The monoisotopic (exact) mass is 523 g/mol. The normalized spacial score (nSPS) is 24.4. The minimum absolute atomic E-state index is 0.0433. The maximum atomic E-state index is 12.9. The van der Waals surface area contributed by atoms with Crippen molar-refractivity contribution >= 4 is 56.6 Å². The molecule has 3 atom stereocenters. The number of thiophene rings is 1. The number of carbonyl (C=O) groups is 3. The third kappa shape index (κ3) is 3.64. The molecule has 3 fully saturated rings. The first-order valence-electron chi connectivity index (χ1n) is 12.1. The molecule has 2 aliphatic heterocycles. The summed E-state index contributed by atoms with van der Waals surface area (Å²) >= 11 is 7.85. The first-order chi connectivity index (χ1) is 17.2. The third-order valence-corrected chi connectivity index (χ3v) is 9.14. The van der Waals surface area contributed by atoms with Crippen LogP contribution in [0.5, 0.6) is 0 Å². The summed E-state index contributed by atoms with van der Waals surface area (Å²) in [5.74, 6) is -0.691. The summed E-state index contributed by atoms with van der Waals surface area (Å²) in [6, 6.07) is 5.58. The molecule has 0 radical (unpaired) electrons. The number of piperidine rings is 1. The van der Waals surface area contributed by atoms with Gasteiger partial charge in [-0.2, -0.15) is 0 Å². The number of anilines is 1. The molecule has 10 heteroatoms. The standard InChI is InChI=1S/C26H26ClN5O3S/c1-12-21(31-23(33)13-4-6-28-10-13)16(9-18(27)30-12)15-5-7-29-17-8-14(36-22(15)17)11-32-24(34)19-20(25(32)35)26(19,2)3/h5,7-9,13,19-20,28H,4,6,10-11H2,1-3H3,(H,31,33). The zero-order valence-electron chi connectivity index (χ0n) is 20.2. The van der Waals surface area contributed by atoms with E-state index in [4.69, 9.17) is 11.6 Å². The van der Waals surface area contributed by atoms with E-state index in [1.807, 2.05) is 32.9 Å². The topological polar surface area (TPSA) is 104 Å². The molecule has 2 saturated heterocycles. The average Bonchev–Trinajstić information content (AvgIpc) is 3.31. The molecule has 0 bridgehead atoms. The predicted octanol–water partition coefficient (Wildman–Crippen LogP) is 4.01. The van der Waals surface area contributed by atoms with Gasteiger partial charge in [-0.3, -0.25) is 24.3 Å². The molecule has 3 aliphatic rings. The molecule has 0 aromatic carbocycles. The number of aryl methyl sites for hydroxylation is 1. The molecule has 186 valence electrons. The average molecular weight is 524 g/mol. The fourth-order valence-corrected chi connectivity index (χ4v) is 7.07. The lowest BCUT2D eigenvalue weighted by molar-refractivity contribution is -0.143. The molecule has 1 saturated carbocycles. The Kier molecular flexibility index (Phi) is 5.44. The number of imide groups is 1. The van der Waals surface area contributed by atoms with Crippen LogP contribution in [0.25, 0.3) is 21.3 Å². The van der Waals surface area contributed by atoms with Crippen LogP contribution in [0.1, 0.15) is 30.8 Å². The number of pyridine rings is 2. The van der Waals surface area contributed by atoms with Crippen LogP contribution in [0.3, 0.4) is 0 Å². The fraction of sp³-hybridized carbons (Fsp3) is 0.423. The number of halogens is 1. The quantitative estimate of drug-likeness (QED) is 0.387. The maximum absolute atomic E-state index is 12.9. The summed E-state index contributed by atoms with van der Waals surface area (Å²) in [6.07, 6.45) is 2.51. The van der Waals surface area contributed by atoms with Crippen molar-refractivity contribution in [1.82, 2.24) is 20.2 Å². The van der Waals surface area contributed by atoms with Crippen molar-refractivity contribution in [2.24, 2.45) is 23.2 Å². The van der Waals surface area contributed by atoms with E-state index in [2.05, 4.69) is 20.6 Å². The van der Waals surface area contributed by atoms with Crippen molar-refractivity contribution in [2.45, 2.75) is 33.7 Å². The summed E-state index contributed by atoms with van der Waals surface area (Å²) < 4.78 is 0.900. The van der Waals surface area contributed by atoms with Crippen LogP contribution in [0.2, 0.25) is 5.15 Å². The van der Waals surface area contributed by atoms with Crippen LogP contribution in [-0.4, -0.2) is 45.7 Å². The smallest absolute Gasteiger partial charge is 0.234 e. The van der Waals surface area contributed by atoms with Crippen molar-refractivity contribution in [1.29, 1.82) is 0 Å². The first kappa shape index (κ1) is 23.5. The number of amides is 3. The van der Waals surface area contributed by atoms with E-state index in [0.29, 0.717) is 23.1 Å². The molecule has 6 rings (SSSR count). The second-order valence-electron chi connectivity index (χ2n) is 10.5. The number of fused-ring (bicyclic) bond motifs is 2. The second-order valence-corrected chi connectivity index (χ2v) is 12.0. The van der Waals surface area contributed by atoms with E-state index in [0.717, 1.165) is 39.2 Å². The largest absolute Gasteiger partial charge is 0.324 e. The van der Waals surface area contributed by atoms with Crippen LogP contribution < -0.4 is 10.6 Å². The van der Waals surface area contributed by atoms with Gasteiger partial charge in [-0.25, -0.2) is 4.98 Å². The number of carbonyl (C=O) groups excluding carboxylic acids is 3. The zero-order valence-corrected chi connectivity index (χ0v) is 21.8. The Balaban J connectivity index is 1.35. The minimum Gasteiger partial charge on any atom is -0.324 e. The number of likely N-dealkylation sites (tertiary alicyclic amines) is 1. The van der Waals surface area contributed by atoms with Gasteiger partial charge in [0.1, 0.15) is 5.15 Å². The van der Waals surface area contributed by atoms with Gasteiger partial charge in [0.05, 0.1) is 45.9 Å². The first-order valence-corrected chi connectivity index (χ1v) is 13.3. The van der Waals surface area contributed by atoms with Gasteiger partial charge >= 0.3 is 0 Å². The van der Waals surface area contributed by atoms with Gasteiger partial charge in [-0.05, 0) is 43.5 Å². The van der Waals surface area contributed by atoms with E-state index in [1.54, 1.807) is 12.3 Å². The van der Waals surface area contributed by atoms with Crippen molar-refractivity contribution in [3.63, 3.8) is 0 Å². The highest BCUT2D eigenvalue weighted by Gasteiger charge is 2.72. The van der Waals surface area contributed by atoms with Gasteiger partial charge in [0.25, 0.3) is 0 Å². The van der Waals surface area contributed by atoms with E-state index in [1.165, 1.54) is 16.2 Å². The summed E-state index contributed by atoms with van der Waals surface area (Å²) in [4.78, 5) is 49.8. The molecule has 0 spiro atoms. The van der Waals surface area contributed by atoms with E-state index in [9.17, 15) is 14.4 Å². The fourth-order valence-electron chi connectivity index (χ4n) is 5.70. The molecule has 3 amide bonds. The molecule has 5 heterocycles. The van der Waals surface area contributed by atoms with Gasteiger partial charge < -0.3 is 10.6 Å². The Hall–Kier alpha value is -2.88. The molecule has 8 nitrogen and oxygen atoms in total. The number of hydrogen-bond acceptors (Lipinski definition) is 7. The Morgan fingerprint density at radius 2 is 2.00 bits per heavy atom. The molecular weight excluding hydrogens is 498 g/mol. The number of nitrogens with one attached hydrogen (secondary N) is 2. The van der Waals surface area contributed by atoms with Crippen LogP contribution in [0, 0.1) is 30.1 Å². The molecule has 3 aromatic rings. The van der Waals surface area contributed by atoms with Gasteiger partial charge in [0.15, 0.2) is 0 Å². The van der Waals surface area contributed by atoms with Crippen LogP contribution in [-0.2, 0) is 20.9 Å². The molecule has 36 heavy (non-hydrogen) atoms. The number of rotatable bonds is 5. The number of nitrogens with zero attached hydrogens (tertiary/aromatic N) is 3. The van der Waals surface area contributed by atoms with Crippen molar-refractivity contribution in [3.8, 4) is 11.1 Å². The van der Waals surface area contributed by atoms with Gasteiger partial charge in [-0.1, -0.05) is 25.4 Å². The van der Waals surface area contributed by atoms with Crippen LogP contribution in [0.15, 0.2) is 24.4 Å². The van der Waals surface area contributed by atoms with Gasteiger partial charge in [0, 0.05) is 28.7 Å². The highest BCUT2D eigenvalue weighted by molar-refractivity contribution is 7.19. The summed E-state index contributed by atoms with van der Waals surface area (Å²) in [5, 5.41) is 6.65. The lowest BCUT2D eigenvalue weighted by atomic mass is 10.0. The van der Waals surface area contributed by atoms with E-state index < -0.39 is 0 Å². The molecule has 3 unspecified atom stereocenters. The Bertz CT molecular complexity index is 1420. The van der Waals surface area contributed by atoms with Crippen molar-refractivity contribution in [2.75, 3.05) is 18.4 Å². The molecule has 3 aromatic heterocycles. The van der Waals surface area contributed by atoms with E-state index >= 15 is 0 Å². The SMILES string of the molecule is Cc1nc(Cl)cc(-c2ccnc3cc(CN4C(=O)C5C(C4=O)C5(C)C)sc23)c1NC(=O)C1CCNC1. The Labute approximate surface area is 217 Å². The Morgan fingerprint density at radius 3 is 2.69 bits per heavy atom. The van der Waals surface area contributed by atoms with Gasteiger partial charge in [0.2, 0.25) is 17.7 Å². The van der Waals surface area contributed by atoms with Gasteiger partial charge in [-0.15, -0.1) is 11.3 Å². The highest BCUT2D eigenvalue weighted by atomic mass is 35.5. The van der Waals surface area contributed by atoms with Crippen molar-refractivity contribution < 1.29 is 14.4 Å². The predicted molar refractivity (Wildman–Crippen MR) is 139 cm³/mol. The lowest BCUT2D eigenvalue weighted by Crippen LogP contribution is -2.35. The highest BCUT2D eigenvalue weighted by Crippen LogP contribution is 2.63. The lowest BCUT2D eigenvalue weighted by Gasteiger charge is -2.19.